The van der Waals surface area contributed by atoms with Crippen LogP contribution >= 0.6 is 11.8 Å². The molecule has 2 saturated heterocycles. The maximum atomic E-state index is 14.4. The van der Waals surface area contributed by atoms with Gasteiger partial charge < -0.3 is 9.64 Å². The molecule has 122 valence electrons. The van der Waals surface area contributed by atoms with Crippen molar-refractivity contribution in [1.29, 1.82) is 0 Å². The molecule has 2 aliphatic rings. The van der Waals surface area contributed by atoms with Crippen LogP contribution in [0.1, 0.15) is 5.56 Å². The molecule has 0 atom stereocenters. The molecule has 23 heavy (non-hydrogen) atoms. The first-order valence-electron chi connectivity index (χ1n) is 7.37. The van der Waals surface area contributed by atoms with E-state index in [-0.39, 0.29) is 11.7 Å². The van der Waals surface area contributed by atoms with Gasteiger partial charge in [0, 0.05) is 27.2 Å². The summed E-state index contributed by atoms with van der Waals surface area (Å²) in [5.74, 6) is -0.400. The number of carbonyl (C=O) groups excluding carboxylic acids is 1. The third-order valence-corrected chi connectivity index (χ3v) is 4.97. The highest BCUT2D eigenvalue weighted by molar-refractivity contribution is 8.18. The summed E-state index contributed by atoms with van der Waals surface area (Å²) in [6, 6.07) is 5.05. The predicted octanol–water partition coefficient (Wildman–Crippen LogP) is 2.19. The maximum Gasteiger partial charge on any atom is 0.266 e. The van der Waals surface area contributed by atoms with E-state index >= 15 is 0 Å². The Bertz CT molecular complexity index is 684. The molecule has 0 saturated carbocycles. The quantitative estimate of drug-likeness (QED) is 0.777. The molecule has 0 unspecified atom stereocenters. The van der Waals surface area contributed by atoms with Crippen LogP contribution in [0.4, 0.5) is 10.1 Å². The Morgan fingerprint density at radius 2 is 2.09 bits per heavy atom. The Hall–Kier alpha value is -1.86. The number of amides is 1. The van der Waals surface area contributed by atoms with Crippen molar-refractivity contribution >= 4 is 34.6 Å². The molecule has 0 aliphatic carbocycles. The SMILES string of the molecule is CN=C1S/C(=C/c2ccc(N3CCOCC3)c(F)c2)C(=O)N1C. The van der Waals surface area contributed by atoms with Crippen molar-refractivity contribution in [3.8, 4) is 0 Å². The van der Waals surface area contributed by atoms with Gasteiger partial charge >= 0.3 is 0 Å². The molecule has 1 amide bonds. The summed E-state index contributed by atoms with van der Waals surface area (Å²) in [6.45, 7) is 2.60. The minimum Gasteiger partial charge on any atom is -0.378 e. The van der Waals surface area contributed by atoms with Crippen LogP contribution in [-0.4, -0.2) is 56.4 Å². The molecule has 0 spiro atoms. The van der Waals surface area contributed by atoms with E-state index in [1.54, 1.807) is 26.2 Å². The number of morpholine rings is 1. The molecule has 0 bridgehead atoms. The smallest absolute Gasteiger partial charge is 0.266 e. The van der Waals surface area contributed by atoms with E-state index in [9.17, 15) is 9.18 Å². The van der Waals surface area contributed by atoms with Gasteiger partial charge in [0.05, 0.1) is 23.8 Å². The zero-order valence-corrected chi connectivity index (χ0v) is 13.9. The van der Waals surface area contributed by atoms with E-state index in [1.165, 1.54) is 22.7 Å². The molecule has 2 fully saturated rings. The zero-order valence-electron chi connectivity index (χ0n) is 13.1. The van der Waals surface area contributed by atoms with E-state index < -0.39 is 0 Å². The summed E-state index contributed by atoms with van der Waals surface area (Å²) in [5.41, 5.74) is 1.25. The average molecular weight is 335 g/mol. The molecule has 0 aromatic heterocycles. The van der Waals surface area contributed by atoms with Crippen LogP contribution in [0.5, 0.6) is 0 Å². The predicted molar refractivity (Wildman–Crippen MR) is 91.1 cm³/mol. The second-order valence-corrected chi connectivity index (χ2v) is 6.30. The average Bonchev–Trinajstić information content (AvgIpc) is 2.84. The molecule has 7 heteroatoms. The van der Waals surface area contributed by atoms with E-state index in [4.69, 9.17) is 4.74 Å². The van der Waals surface area contributed by atoms with Gasteiger partial charge in [-0.1, -0.05) is 6.07 Å². The summed E-state index contributed by atoms with van der Waals surface area (Å²) in [4.78, 5) is 20.2. The molecule has 2 aliphatic heterocycles. The lowest BCUT2D eigenvalue weighted by Gasteiger charge is -2.29. The number of hydrogen-bond donors (Lipinski definition) is 0. The number of benzene rings is 1. The van der Waals surface area contributed by atoms with Gasteiger partial charge in [0.2, 0.25) is 0 Å². The first-order valence-corrected chi connectivity index (χ1v) is 8.18. The third kappa shape index (κ3) is 3.25. The van der Waals surface area contributed by atoms with Crippen molar-refractivity contribution in [2.24, 2.45) is 4.99 Å². The van der Waals surface area contributed by atoms with E-state index in [0.717, 1.165) is 0 Å². The Morgan fingerprint density at radius 3 is 2.70 bits per heavy atom. The molecule has 2 heterocycles. The van der Waals surface area contributed by atoms with E-state index in [1.807, 2.05) is 11.0 Å². The number of thioether (sulfide) groups is 1. The third-order valence-electron chi connectivity index (χ3n) is 3.82. The van der Waals surface area contributed by atoms with Gasteiger partial charge in [0.15, 0.2) is 5.17 Å². The molecule has 0 N–H and O–H groups in total. The number of hydrogen-bond acceptors (Lipinski definition) is 5. The fourth-order valence-corrected chi connectivity index (χ4v) is 3.50. The number of aliphatic imine (C=N–C) groups is 1. The highest BCUT2D eigenvalue weighted by atomic mass is 32.2. The normalized spacial score (nSPS) is 22.5. The molecule has 5 nitrogen and oxygen atoms in total. The zero-order chi connectivity index (χ0) is 16.4. The second kappa shape index (κ2) is 6.72. The van der Waals surface area contributed by atoms with Crippen LogP contribution in [0.25, 0.3) is 6.08 Å². The first-order chi connectivity index (χ1) is 11.1. The maximum absolute atomic E-state index is 14.4. The summed E-state index contributed by atoms with van der Waals surface area (Å²) >= 11 is 1.30. The van der Waals surface area contributed by atoms with Crippen molar-refractivity contribution in [3.05, 3.63) is 34.5 Å². The van der Waals surface area contributed by atoms with Crippen molar-refractivity contribution in [3.63, 3.8) is 0 Å². The van der Waals surface area contributed by atoms with Gasteiger partial charge in [-0.3, -0.25) is 14.7 Å². The number of likely N-dealkylation sites (N-methyl/N-ethyl adjacent to an activating group) is 1. The van der Waals surface area contributed by atoms with E-state index in [0.29, 0.717) is 47.6 Å². The lowest BCUT2D eigenvalue weighted by Crippen LogP contribution is -2.36. The van der Waals surface area contributed by atoms with Crippen LogP contribution < -0.4 is 4.90 Å². The fourth-order valence-electron chi connectivity index (χ4n) is 2.57. The number of amidine groups is 1. The highest BCUT2D eigenvalue weighted by Gasteiger charge is 2.29. The number of halogens is 1. The second-order valence-electron chi connectivity index (χ2n) is 5.29. The lowest BCUT2D eigenvalue weighted by molar-refractivity contribution is -0.121. The number of anilines is 1. The standard InChI is InChI=1S/C16H18FN3O2S/c1-18-16-19(2)15(21)14(23-16)10-11-3-4-13(12(17)9-11)20-5-7-22-8-6-20/h3-4,9-10H,5-8H2,1-2H3/b14-10+,18-16?. The fraction of sp³-hybridized carbons (Fsp3) is 0.375. The Morgan fingerprint density at radius 1 is 1.35 bits per heavy atom. The molecular formula is C16H18FN3O2S. The number of carbonyl (C=O) groups is 1. The summed E-state index contributed by atoms with van der Waals surface area (Å²) in [7, 11) is 3.33. The molecule has 0 radical (unpaired) electrons. The largest absolute Gasteiger partial charge is 0.378 e. The number of ether oxygens (including phenoxy) is 1. The van der Waals surface area contributed by atoms with Crippen molar-refractivity contribution in [2.45, 2.75) is 0 Å². The lowest BCUT2D eigenvalue weighted by atomic mass is 10.1. The Kier molecular flexibility index (Phi) is 4.68. The van der Waals surface area contributed by atoms with Crippen LogP contribution in [0.3, 0.4) is 0 Å². The summed E-state index contributed by atoms with van der Waals surface area (Å²) < 4.78 is 19.7. The van der Waals surface area contributed by atoms with Gasteiger partial charge in [0.1, 0.15) is 5.82 Å². The van der Waals surface area contributed by atoms with Crippen LogP contribution in [0.15, 0.2) is 28.1 Å². The molecule has 1 aromatic rings. The van der Waals surface area contributed by atoms with Crippen LogP contribution in [0.2, 0.25) is 0 Å². The molecular weight excluding hydrogens is 317 g/mol. The van der Waals surface area contributed by atoms with Crippen LogP contribution in [-0.2, 0) is 9.53 Å². The molecule has 3 rings (SSSR count). The van der Waals surface area contributed by atoms with E-state index in [2.05, 4.69) is 4.99 Å². The highest BCUT2D eigenvalue weighted by Crippen LogP contribution is 2.32. The first kappa shape index (κ1) is 16.0. The van der Waals surface area contributed by atoms with Crippen molar-refractivity contribution < 1.29 is 13.9 Å². The minimum atomic E-state index is -0.283. The summed E-state index contributed by atoms with van der Waals surface area (Å²) in [5, 5.41) is 0.645. The number of rotatable bonds is 2. The van der Waals surface area contributed by atoms with Crippen LogP contribution in [0, 0.1) is 5.82 Å². The van der Waals surface area contributed by atoms with Gasteiger partial charge in [-0.25, -0.2) is 4.39 Å². The van der Waals surface area contributed by atoms with Gasteiger partial charge in [-0.2, -0.15) is 0 Å². The molecule has 1 aromatic carbocycles. The summed E-state index contributed by atoms with van der Waals surface area (Å²) in [6.07, 6.45) is 1.70. The number of nitrogens with zero attached hydrogens (tertiary/aromatic N) is 3. The minimum absolute atomic E-state index is 0.117. The van der Waals surface area contributed by atoms with Crippen molar-refractivity contribution in [1.82, 2.24) is 4.90 Å². The van der Waals surface area contributed by atoms with Gasteiger partial charge in [-0.05, 0) is 35.5 Å². The van der Waals surface area contributed by atoms with Crippen molar-refractivity contribution in [2.75, 3.05) is 45.3 Å². The van der Waals surface area contributed by atoms with Gasteiger partial charge in [0.25, 0.3) is 5.91 Å². The van der Waals surface area contributed by atoms with Gasteiger partial charge in [-0.15, -0.1) is 0 Å². The topological polar surface area (TPSA) is 45.1 Å². The Labute approximate surface area is 138 Å². The Balaban J connectivity index is 1.83. The monoisotopic (exact) mass is 335 g/mol.